The van der Waals surface area contributed by atoms with Crippen LogP contribution in [0, 0.1) is 0 Å². The van der Waals surface area contributed by atoms with Crippen LogP contribution >= 0.6 is 0 Å². The second-order valence-electron chi connectivity index (χ2n) is 5.24. The van der Waals surface area contributed by atoms with Crippen LogP contribution in [-0.4, -0.2) is 48.6 Å². The molecule has 3 unspecified atom stereocenters. The van der Waals surface area contributed by atoms with E-state index >= 15 is 0 Å². The molecule has 17 heavy (non-hydrogen) atoms. The van der Waals surface area contributed by atoms with Crippen LogP contribution in [0.4, 0.5) is 0 Å². The van der Waals surface area contributed by atoms with E-state index in [1.165, 1.54) is 0 Å². The second-order valence-corrected chi connectivity index (χ2v) is 5.24. The lowest BCUT2D eigenvalue weighted by Gasteiger charge is -2.39. The van der Waals surface area contributed by atoms with Crippen LogP contribution in [0.25, 0.3) is 0 Å². The van der Waals surface area contributed by atoms with E-state index < -0.39 is 0 Å². The molecule has 0 radical (unpaired) electrons. The maximum Gasteiger partial charge on any atom is 0.237 e. The van der Waals surface area contributed by atoms with Gasteiger partial charge in [0, 0.05) is 31.7 Å². The minimum absolute atomic E-state index is 0.0149. The zero-order valence-electron chi connectivity index (χ0n) is 11.6. The van der Waals surface area contributed by atoms with Gasteiger partial charge in [-0.25, -0.2) is 0 Å². The average Bonchev–Trinajstić information content (AvgIpc) is 2.27. The summed E-state index contributed by atoms with van der Waals surface area (Å²) in [5, 5.41) is 6.49. The van der Waals surface area contributed by atoms with Crippen molar-refractivity contribution in [1.29, 1.82) is 0 Å². The number of piperazine rings is 1. The molecular weight excluding hydrogens is 214 g/mol. The van der Waals surface area contributed by atoms with Gasteiger partial charge in [-0.3, -0.25) is 9.69 Å². The Bertz CT molecular complexity index is 235. The van der Waals surface area contributed by atoms with Crippen molar-refractivity contribution in [1.82, 2.24) is 15.5 Å². The highest BCUT2D eigenvalue weighted by atomic mass is 16.2. The van der Waals surface area contributed by atoms with E-state index in [0.717, 1.165) is 32.5 Å². The highest BCUT2D eigenvalue weighted by Crippen LogP contribution is 2.08. The lowest BCUT2D eigenvalue weighted by atomic mass is 10.1. The number of hydrogen-bond acceptors (Lipinski definition) is 3. The predicted molar refractivity (Wildman–Crippen MR) is 71.0 cm³/mol. The maximum absolute atomic E-state index is 12.0. The number of nitrogens with zero attached hydrogens (tertiary/aromatic N) is 1. The standard InChI is InChI=1S/C13H27N3O/c1-5-6-7-14-13(17)12(4)16-8-10(2)15-11(3)9-16/h10-12,15H,5-9H2,1-4H3,(H,14,17). The van der Waals surface area contributed by atoms with E-state index in [1.54, 1.807) is 0 Å². The molecular formula is C13H27N3O. The second kappa shape index (κ2) is 6.97. The summed E-state index contributed by atoms with van der Waals surface area (Å²) in [6.45, 7) is 11.2. The monoisotopic (exact) mass is 241 g/mol. The van der Waals surface area contributed by atoms with E-state index in [-0.39, 0.29) is 11.9 Å². The fourth-order valence-corrected chi connectivity index (χ4v) is 2.39. The summed E-state index contributed by atoms with van der Waals surface area (Å²) in [4.78, 5) is 14.2. The van der Waals surface area contributed by atoms with Gasteiger partial charge < -0.3 is 10.6 Å². The zero-order chi connectivity index (χ0) is 12.8. The van der Waals surface area contributed by atoms with Crippen molar-refractivity contribution < 1.29 is 4.79 Å². The first kappa shape index (κ1) is 14.5. The molecule has 0 aromatic heterocycles. The molecule has 3 atom stereocenters. The van der Waals surface area contributed by atoms with Gasteiger partial charge in [-0.1, -0.05) is 13.3 Å². The molecule has 1 aliphatic rings. The van der Waals surface area contributed by atoms with Gasteiger partial charge in [-0.15, -0.1) is 0 Å². The van der Waals surface area contributed by atoms with Crippen molar-refractivity contribution in [3.8, 4) is 0 Å². The third kappa shape index (κ3) is 4.64. The molecule has 0 bridgehead atoms. The molecule has 1 saturated heterocycles. The van der Waals surface area contributed by atoms with E-state index in [9.17, 15) is 4.79 Å². The lowest BCUT2D eigenvalue weighted by molar-refractivity contribution is -0.126. The zero-order valence-corrected chi connectivity index (χ0v) is 11.6. The summed E-state index contributed by atoms with van der Waals surface area (Å²) in [6.07, 6.45) is 2.18. The number of hydrogen-bond donors (Lipinski definition) is 2. The molecule has 1 aliphatic heterocycles. The SMILES string of the molecule is CCCCNC(=O)C(C)N1CC(C)NC(C)C1. The molecule has 4 heteroatoms. The number of nitrogens with one attached hydrogen (secondary N) is 2. The highest BCUT2D eigenvalue weighted by Gasteiger charge is 2.27. The summed E-state index contributed by atoms with van der Waals surface area (Å²) < 4.78 is 0. The van der Waals surface area contributed by atoms with Crippen LogP contribution in [0.2, 0.25) is 0 Å². The first-order valence-electron chi connectivity index (χ1n) is 6.82. The third-order valence-corrected chi connectivity index (χ3v) is 3.34. The molecule has 0 aromatic rings. The summed E-state index contributed by atoms with van der Waals surface area (Å²) in [5.74, 6) is 0.166. The highest BCUT2D eigenvalue weighted by molar-refractivity contribution is 5.81. The normalized spacial score (nSPS) is 27.8. The first-order valence-corrected chi connectivity index (χ1v) is 6.82. The lowest BCUT2D eigenvalue weighted by Crippen LogP contribution is -2.59. The fourth-order valence-electron chi connectivity index (χ4n) is 2.39. The molecule has 2 N–H and O–H groups in total. The van der Waals surface area contributed by atoms with Crippen molar-refractivity contribution >= 4 is 5.91 Å². The average molecular weight is 241 g/mol. The van der Waals surface area contributed by atoms with Crippen LogP contribution in [0.1, 0.15) is 40.5 Å². The summed E-state index contributed by atoms with van der Waals surface area (Å²) in [7, 11) is 0. The Kier molecular flexibility index (Phi) is 5.92. The number of carbonyl (C=O) groups is 1. The largest absolute Gasteiger partial charge is 0.355 e. The predicted octanol–water partition coefficient (Wildman–Crippen LogP) is 0.973. The summed E-state index contributed by atoms with van der Waals surface area (Å²) in [5.41, 5.74) is 0. The van der Waals surface area contributed by atoms with Crippen LogP contribution in [-0.2, 0) is 4.79 Å². The Labute approximate surface area is 105 Å². The number of amides is 1. The molecule has 0 aromatic carbocycles. The minimum Gasteiger partial charge on any atom is -0.355 e. The smallest absolute Gasteiger partial charge is 0.237 e. The van der Waals surface area contributed by atoms with Gasteiger partial charge in [0.2, 0.25) is 5.91 Å². The van der Waals surface area contributed by atoms with Crippen LogP contribution in [0.5, 0.6) is 0 Å². The first-order chi connectivity index (χ1) is 8.04. The van der Waals surface area contributed by atoms with Crippen molar-refractivity contribution in [2.24, 2.45) is 0 Å². The van der Waals surface area contributed by atoms with Crippen molar-refractivity contribution in [2.45, 2.75) is 58.7 Å². The number of rotatable bonds is 5. The van der Waals surface area contributed by atoms with Gasteiger partial charge in [0.05, 0.1) is 6.04 Å². The maximum atomic E-state index is 12.0. The third-order valence-electron chi connectivity index (χ3n) is 3.34. The molecule has 0 saturated carbocycles. The molecule has 0 aliphatic carbocycles. The van der Waals surface area contributed by atoms with Crippen LogP contribution < -0.4 is 10.6 Å². The van der Waals surface area contributed by atoms with Crippen molar-refractivity contribution in [3.05, 3.63) is 0 Å². The van der Waals surface area contributed by atoms with Crippen LogP contribution in [0.15, 0.2) is 0 Å². The van der Waals surface area contributed by atoms with Gasteiger partial charge in [-0.05, 0) is 27.2 Å². The minimum atomic E-state index is -0.0149. The van der Waals surface area contributed by atoms with Gasteiger partial charge in [0.25, 0.3) is 0 Å². The summed E-state index contributed by atoms with van der Waals surface area (Å²) >= 11 is 0. The molecule has 1 amide bonds. The molecule has 4 nitrogen and oxygen atoms in total. The molecule has 1 heterocycles. The van der Waals surface area contributed by atoms with E-state index in [0.29, 0.717) is 12.1 Å². The molecule has 1 fully saturated rings. The fraction of sp³-hybridized carbons (Fsp3) is 0.923. The number of carbonyl (C=O) groups excluding carboxylic acids is 1. The van der Waals surface area contributed by atoms with Gasteiger partial charge in [0.15, 0.2) is 0 Å². The van der Waals surface area contributed by atoms with E-state index in [1.807, 2.05) is 6.92 Å². The Morgan fingerprint density at radius 1 is 1.41 bits per heavy atom. The topological polar surface area (TPSA) is 44.4 Å². The Morgan fingerprint density at radius 3 is 2.53 bits per heavy atom. The van der Waals surface area contributed by atoms with E-state index in [2.05, 4.69) is 36.3 Å². The molecule has 0 spiro atoms. The Morgan fingerprint density at radius 2 is 2.00 bits per heavy atom. The van der Waals surface area contributed by atoms with Gasteiger partial charge >= 0.3 is 0 Å². The number of unbranched alkanes of at least 4 members (excludes halogenated alkanes) is 1. The van der Waals surface area contributed by atoms with Gasteiger partial charge in [-0.2, -0.15) is 0 Å². The Balaban J connectivity index is 2.39. The quantitative estimate of drug-likeness (QED) is 0.705. The summed E-state index contributed by atoms with van der Waals surface area (Å²) in [6, 6.07) is 0.910. The molecule has 100 valence electrons. The van der Waals surface area contributed by atoms with Crippen LogP contribution in [0.3, 0.4) is 0 Å². The van der Waals surface area contributed by atoms with E-state index in [4.69, 9.17) is 0 Å². The van der Waals surface area contributed by atoms with Crippen molar-refractivity contribution in [2.75, 3.05) is 19.6 Å². The van der Waals surface area contributed by atoms with Gasteiger partial charge in [0.1, 0.15) is 0 Å². The molecule has 1 rings (SSSR count). The van der Waals surface area contributed by atoms with Crippen molar-refractivity contribution in [3.63, 3.8) is 0 Å². The Hall–Kier alpha value is -0.610.